The topological polar surface area (TPSA) is 38.0 Å². The number of hydrogen-bond acceptors (Lipinski definition) is 2. The number of piperidine rings is 1. The summed E-state index contributed by atoms with van der Waals surface area (Å²) in [6.07, 6.45) is 3.11. The van der Waals surface area contributed by atoms with Crippen LogP contribution >= 0.6 is 34.2 Å². The second kappa shape index (κ2) is 6.62. The van der Waals surface area contributed by atoms with Crippen LogP contribution in [0.3, 0.4) is 0 Å². The van der Waals surface area contributed by atoms with E-state index in [-0.39, 0.29) is 16.1 Å². The van der Waals surface area contributed by atoms with Crippen molar-refractivity contribution in [1.82, 2.24) is 5.32 Å². The van der Waals surface area contributed by atoms with Crippen LogP contribution in [-0.2, 0) is 0 Å². The molecule has 0 saturated carbocycles. The van der Waals surface area contributed by atoms with Crippen molar-refractivity contribution >= 4 is 45.5 Å². The molecule has 0 spiro atoms. The van der Waals surface area contributed by atoms with Crippen LogP contribution in [0.4, 0.5) is 10.1 Å². The first-order valence-corrected chi connectivity index (χ1v) is 8.61. The molecule has 0 aromatic heterocycles. The number of nitrogen functional groups attached to an aromatic ring is 1. The minimum atomic E-state index is -0.466. The van der Waals surface area contributed by atoms with E-state index >= 15 is 0 Å². The maximum Gasteiger partial charge on any atom is 0.148 e. The minimum Gasteiger partial charge on any atom is -0.395 e. The lowest BCUT2D eigenvalue weighted by atomic mass is 9.69. The van der Waals surface area contributed by atoms with Gasteiger partial charge >= 0.3 is 0 Å². The second-order valence-corrected chi connectivity index (χ2v) is 6.79. The molecule has 0 aliphatic carbocycles. The smallest absolute Gasteiger partial charge is 0.148 e. The highest BCUT2D eigenvalue weighted by Crippen LogP contribution is 2.45. The molecular formula is C15H19ClFIN2. The lowest BCUT2D eigenvalue weighted by molar-refractivity contribution is 0.280. The maximum atomic E-state index is 13.8. The summed E-state index contributed by atoms with van der Waals surface area (Å²) in [6, 6.07) is 3.19. The Balaban J connectivity index is 2.37. The highest BCUT2D eigenvalue weighted by molar-refractivity contribution is 14.1. The Morgan fingerprint density at radius 3 is 2.65 bits per heavy atom. The van der Waals surface area contributed by atoms with Crippen LogP contribution in [0, 0.1) is 11.2 Å². The molecule has 1 fully saturated rings. The summed E-state index contributed by atoms with van der Waals surface area (Å²) in [5, 5.41) is 3.64. The van der Waals surface area contributed by atoms with E-state index in [1.54, 1.807) is 6.07 Å². The van der Waals surface area contributed by atoms with Gasteiger partial charge in [0.15, 0.2) is 0 Å². The largest absolute Gasteiger partial charge is 0.395 e. The van der Waals surface area contributed by atoms with Gasteiger partial charge in [0.25, 0.3) is 0 Å². The molecule has 0 atom stereocenters. The first-order chi connectivity index (χ1) is 9.50. The van der Waals surface area contributed by atoms with Crippen molar-refractivity contribution in [3.05, 3.63) is 35.1 Å². The molecule has 2 rings (SSSR count). The molecule has 2 nitrogen and oxygen atoms in total. The molecule has 1 aromatic carbocycles. The quantitative estimate of drug-likeness (QED) is 0.444. The summed E-state index contributed by atoms with van der Waals surface area (Å²) >= 11 is 8.39. The van der Waals surface area contributed by atoms with E-state index in [0.717, 1.165) is 47.9 Å². The Labute approximate surface area is 138 Å². The summed E-state index contributed by atoms with van der Waals surface area (Å²) in [5.41, 5.74) is 7.38. The Morgan fingerprint density at radius 1 is 1.45 bits per heavy atom. The maximum absolute atomic E-state index is 13.8. The lowest BCUT2D eigenvalue weighted by Crippen LogP contribution is -2.37. The Morgan fingerprint density at radius 2 is 2.10 bits per heavy atom. The van der Waals surface area contributed by atoms with Crippen molar-refractivity contribution in [2.75, 3.05) is 23.3 Å². The van der Waals surface area contributed by atoms with Gasteiger partial charge in [-0.3, -0.25) is 0 Å². The molecule has 0 amide bonds. The van der Waals surface area contributed by atoms with Gasteiger partial charge in [0.1, 0.15) is 5.82 Å². The molecule has 20 heavy (non-hydrogen) atoms. The molecule has 1 aliphatic heterocycles. The van der Waals surface area contributed by atoms with Crippen LogP contribution in [0.5, 0.6) is 0 Å². The number of nitrogens with two attached hydrogens (primary N) is 1. The van der Waals surface area contributed by atoms with Gasteiger partial charge in [-0.15, -0.1) is 0 Å². The molecule has 1 saturated heterocycles. The standard InChI is InChI=1S/C15H19ClFIN2/c1-10(11-8-12(16)14(19)13(17)9-11)15(2-5-18)3-6-20-7-4-15/h8-9,20H,1-7,19H2. The normalized spacial score (nSPS) is 17.9. The van der Waals surface area contributed by atoms with Crippen LogP contribution in [0.25, 0.3) is 5.57 Å². The third-order valence-corrected chi connectivity index (χ3v) is 5.05. The van der Waals surface area contributed by atoms with Crippen LogP contribution in [0.1, 0.15) is 24.8 Å². The fraction of sp³-hybridized carbons (Fsp3) is 0.467. The van der Waals surface area contributed by atoms with Gasteiger partial charge in [0, 0.05) is 4.43 Å². The zero-order valence-corrected chi connectivity index (χ0v) is 14.2. The average Bonchev–Trinajstić information content (AvgIpc) is 2.44. The summed E-state index contributed by atoms with van der Waals surface area (Å²) in [4.78, 5) is 0. The van der Waals surface area contributed by atoms with Gasteiger partial charge < -0.3 is 11.1 Å². The number of allylic oxidation sites excluding steroid dienone is 1. The molecule has 0 unspecified atom stereocenters. The van der Waals surface area contributed by atoms with E-state index in [1.807, 2.05) is 0 Å². The number of anilines is 1. The van der Waals surface area contributed by atoms with Crippen LogP contribution < -0.4 is 11.1 Å². The third-order valence-electron chi connectivity index (χ3n) is 4.20. The van der Waals surface area contributed by atoms with Crippen LogP contribution in [-0.4, -0.2) is 17.5 Å². The van der Waals surface area contributed by atoms with Gasteiger partial charge in [0.2, 0.25) is 0 Å². The average molecular weight is 409 g/mol. The molecule has 110 valence electrons. The van der Waals surface area contributed by atoms with E-state index < -0.39 is 5.82 Å². The lowest BCUT2D eigenvalue weighted by Gasteiger charge is -2.39. The number of nitrogens with one attached hydrogen (secondary N) is 1. The van der Waals surface area contributed by atoms with Crippen LogP contribution in [0.15, 0.2) is 18.7 Å². The summed E-state index contributed by atoms with van der Waals surface area (Å²) < 4.78 is 14.9. The molecule has 1 aromatic rings. The summed E-state index contributed by atoms with van der Waals surface area (Å²) in [7, 11) is 0. The summed E-state index contributed by atoms with van der Waals surface area (Å²) in [5.74, 6) is -0.466. The van der Waals surface area contributed by atoms with Crippen molar-refractivity contribution in [1.29, 1.82) is 0 Å². The zero-order valence-electron chi connectivity index (χ0n) is 11.3. The molecule has 3 N–H and O–H groups in total. The molecule has 1 heterocycles. The fourth-order valence-electron chi connectivity index (χ4n) is 2.85. The van der Waals surface area contributed by atoms with Crippen molar-refractivity contribution in [2.24, 2.45) is 5.41 Å². The predicted octanol–water partition coefficient (Wildman–Crippen LogP) is 4.27. The van der Waals surface area contributed by atoms with E-state index in [9.17, 15) is 4.39 Å². The fourth-order valence-corrected chi connectivity index (χ4v) is 4.09. The molecule has 5 heteroatoms. The molecule has 0 bridgehead atoms. The van der Waals surface area contributed by atoms with E-state index in [0.29, 0.717) is 0 Å². The second-order valence-electron chi connectivity index (χ2n) is 5.30. The molecule has 1 aliphatic rings. The monoisotopic (exact) mass is 408 g/mol. The van der Waals surface area contributed by atoms with Gasteiger partial charge in [-0.25, -0.2) is 4.39 Å². The van der Waals surface area contributed by atoms with Gasteiger partial charge in [-0.2, -0.15) is 0 Å². The predicted molar refractivity (Wildman–Crippen MR) is 92.9 cm³/mol. The number of hydrogen-bond donors (Lipinski definition) is 2. The van der Waals surface area contributed by atoms with Gasteiger partial charge in [-0.1, -0.05) is 40.8 Å². The number of alkyl halides is 1. The molecular weight excluding hydrogens is 390 g/mol. The van der Waals surface area contributed by atoms with E-state index in [4.69, 9.17) is 17.3 Å². The van der Waals surface area contributed by atoms with Crippen molar-refractivity contribution < 1.29 is 4.39 Å². The number of halogens is 3. The zero-order chi connectivity index (χ0) is 14.8. The summed E-state index contributed by atoms with van der Waals surface area (Å²) in [6.45, 7) is 6.20. The Kier molecular flexibility index (Phi) is 5.31. The van der Waals surface area contributed by atoms with Crippen molar-refractivity contribution in [2.45, 2.75) is 19.3 Å². The Bertz CT molecular complexity index is 484. The first kappa shape index (κ1) is 16.0. The van der Waals surface area contributed by atoms with E-state index in [2.05, 4.69) is 34.5 Å². The van der Waals surface area contributed by atoms with Crippen molar-refractivity contribution in [3.63, 3.8) is 0 Å². The van der Waals surface area contributed by atoms with Crippen LogP contribution in [0.2, 0.25) is 5.02 Å². The number of rotatable bonds is 4. The van der Waals surface area contributed by atoms with Gasteiger partial charge in [0.05, 0.1) is 10.7 Å². The van der Waals surface area contributed by atoms with E-state index in [1.165, 1.54) is 6.07 Å². The minimum absolute atomic E-state index is 0.0106. The SMILES string of the molecule is C=C(c1cc(F)c(N)c(Cl)c1)C1(CCI)CCNCC1. The first-order valence-electron chi connectivity index (χ1n) is 6.71. The third kappa shape index (κ3) is 3.12. The van der Waals surface area contributed by atoms with Gasteiger partial charge in [-0.05, 0) is 61.0 Å². The van der Waals surface area contributed by atoms with Crippen molar-refractivity contribution in [3.8, 4) is 0 Å². The highest BCUT2D eigenvalue weighted by Gasteiger charge is 2.35. The highest BCUT2D eigenvalue weighted by atomic mass is 127. The Hall–Kier alpha value is -0.330. The molecule has 0 radical (unpaired) electrons. The number of benzene rings is 1.